The van der Waals surface area contributed by atoms with Crippen molar-refractivity contribution in [2.24, 2.45) is 5.41 Å². The third-order valence-electron chi connectivity index (χ3n) is 3.04. The Morgan fingerprint density at radius 1 is 1.47 bits per heavy atom. The summed E-state index contributed by atoms with van der Waals surface area (Å²) in [5.74, 6) is 0.451. The zero-order valence-corrected chi connectivity index (χ0v) is 12.2. The molecule has 0 aliphatic heterocycles. The minimum Gasteiger partial charge on any atom is -0.351 e. The van der Waals surface area contributed by atoms with Crippen LogP contribution >= 0.6 is 39.1 Å². The molecule has 1 N–H and O–H groups in total. The molecule has 0 aromatic heterocycles. The van der Waals surface area contributed by atoms with E-state index in [0.29, 0.717) is 23.0 Å². The van der Waals surface area contributed by atoms with Gasteiger partial charge in [0.1, 0.15) is 0 Å². The summed E-state index contributed by atoms with van der Waals surface area (Å²) >= 11 is 15.2. The van der Waals surface area contributed by atoms with E-state index in [1.807, 2.05) is 0 Å². The van der Waals surface area contributed by atoms with E-state index in [4.69, 9.17) is 23.2 Å². The van der Waals surface area contributed by atoms with Crippen molar-refractivity contribution in [3.8, 4) is 0 Å². The summed E-state index contributed by atoms with van der Waals surface area (Å²) in [7, 11) is 0. The maximum Gasteiger partial charge on any atom is 0.252 e. The Morgan fingerprint density at radius 3 is 2.76 bits per heavy atom. The first-order valence-corrected chi connectivity index (χ1v) is 7.06. The first-order valence-electron chi connectivity index (χ1n) is 5.36. The van der Waals surface area contributed by atoms with Crippen molar-refractivity contribution < 1.29 is 4.79 Å². The molecule has 2 nitrogen and oxygen atoms in total. The lowest BCUT2D eigenvalue weighted by molar-refractivity contribution is 0.0946. The molecule has 1 aliphatic rings. The van der Waals surface area contributed by atoms with E-state index in [-0.39, 0.29) is 11.3 Å². The summed E-state index contributed by atoms with van der Waals surface area (Å²) in [6.45, 7) is 0.623. The number of alkyl halides is 1. The predicted octanol–water partition coefficient (Wildman–Crippen LogP) is 3.85. The van der Waals surface area contributed by atoms with Gasteiger partial charge in [0, 0.05) is 22.3 Å². The van der Waals surface area contributed by atoms with Crippen LogP contribution in [0, 0.1) is 5.41 Å². The first kappa shape index (κ1) is 13.2. The molecule has 0 radical (unpaired) electrons. The highest BCUT2D eigenvalue weighted by Gasteiger charge is 2.41. The van der Waals surface area contributed by atoms with Crippen LogP contribution in [0.1, 0.15) is 23.2 Å². The summed E-state index contributed by atoms with van der Waals surface area (Å²) in [6.07, 6.45) is 2.17. The van der Waals surface area contributed by atoms with Crippen molar-refractivity contribution in [1.29, 1.82) is 0 Å². The maximum absolute atomic E-state index is 11.9. The fourth-order valence-electron chi connectivity index (χ4n) is 1.57. The van der Waals surface area contributed by atoms with E-state index in [2.05, 4.69) is 21.2 Å². The third kappa shape index (κ3) is 3.15. The number of benzene rings is 1. The van der Waals surface area contributed by atoms with Gasteiger partial charge in [-0.25, -0.2) is 0 Å². The Labute approximate surface area is 119 Å². The molecule has 2 rings (SSSR count). The number of rotatable bonds is 4. The van der Waals surface area contributed by atoms with E-state index in [0.717, 1.165) is 17.3 Å². The SMILES string of the molecule is O=C(NCC1(CCl)CC1)c1cc(Br)ccc1Cl. The van der Waals surface area contributed by atoms with Crippen LogP contribution in [0.3, 0.4) is 0 Å². The summed E-state index contributed by atoms with van der Waals surface area (Å²) in [5, 5.41) is 3.35. The predicted molar refractivity (Wildman–Crippen MR) is 73.9 cm³/mol. The largest absolute Gasteiger partial charge is 0.351 e. The zero-order chi connectivity index (χ0) is 12.5. The maximum atomic E-state index is 11.9. The highest BCUT2D eigenvalue weighted by molar-refractivity contribution is 9.10. The molecule has 0 spiro atoms. The minimum atomic E-state index is -0.146. The number of nitrogens with one attached hydrogen (secondary N) is 1. The number of halogens is 3. The minimum absolute atomic E-state index is 0.121. The quantitative estimate of drug-likeness (QED) is 0.831. The molecule has 1 amide bonds. The molecule has 0 unspecified atom stereocenters. The van der Waals surface area contributed by atoms with E-state index < -0.39 is 0 Å². The van der Waals surface area contributed by atoms with Crippen LogP contribution in [0.4, 0.5) is 0 Å². The van der Waals surface area contributed by atoms with Crippen molar-refractivity contribution in [3.05, 3.63) is 33.3 Å². The summed E-state index contributed by atoms with van der Waals surface area (Å²) in [5.41, 5.74) is 0.613. The van der Waals surface area contributed by atoms with Crippen molar-refractivity contribution in [2.75, 3.05) is 12.4 Å². The van der Waals surface area contributed by atoms with Crippen LogP contribution in [0.5, 0.6) is 0 Å². The molecule has 0 atom stereocenters. The molecule has 5 heteroatoms. The molecule has 1 saturated carbocycles. The molecule has 1 aromatic carbocycles. The summed E-state index contributed by atoms with van der Waals surface area (Å²) in [4.78, 5) is 11.9. The monoisotopic (exact) mass is 335 g/mol. The van der Waals surface area contributed by atoms with Crippen molar-refractivity contribution >= 4 is 45.0 Å². The van der Waals surface area contributed by atoms with E-state index in [1.165, 1.54) is 0 Å². The molecular formula is C12H12BrCl2NO. The lowest BCUT2D eigenvalue weighted by Gasteiger charge is -2.13. The second-order valence-corrected chi connectivity index (χ2v) is 6.03. The standard InChI is InChI=1S/C12H12BrCl2NO/c13-8-1-2-10(15)9(5-8)11(17)16-7-12(6-14)3-4-12/h1-2,5H,3-4,6-7H2,(H,16,17). The van der Waals surface area contributed by atoms with Crippen LogP contribution in [0.15, 0.2) is 22.7 Å². The van der Waals surface area contributed by atoms with Crippen LogP contribution in [-0.2, 0) is 0 Å². The number of hydrogen-bond acceptors (Lipinski definition) is 1. The lowest BCUT2D eigenvalue weighted by atomic mass is 10.1. The molecule has 1 fully saturated rings. The van der Waals surface area contributed by atoms with Crippen LogP contribution in [-0.4, -0.2) is 18.3 Å². The van der Waals surface area contributed by atoms with Gasteiger partial charge in [0.25, 0.3) is 5.91 Å². The normalized spacial score (nSPS) is 16.6. The number of hydrogen-bond donors (Lipinski definition) is 1. The fraction of sp³-hybridized carbons (Fsp3) is 0.417. The Bertz CT molecular complexity index is 446. The van der Waals surface area contributed by atoms with Gasteiger partial charge in [-0.05, 0) is 31.0 Å². The molecule has 0 saturated heterocycles. The number of carbonyl (C=O) groups excluding carboxylic acids is 1. The molecule has 0 bridgehead atoms. The van der Waals surface area contributed by atoms with Crippen LogP contribution in [0.25, 0.3) is 0 Å². The smallest absolute Gasteiger partial charge is 0.252 e. The Kier molecular flexibility index (Phi) is 4.01. The summed E-state index contributed by atoms with van der Waals surface area (Å²) in [6, 6.07) is 5.23. The molecular weight excluding hydrogens is 325 g/mol. The van der Waals surface area contributed by atoms with Gasteiger partial charge in [0.2, 0.25) is 0 Å². The van der Waals surface area contributed by atoms with Gasteiger partial charge in [-0.2, -0.15) is 0 Å². The Balaban J connectivity index is 2.02. The Hall–Kier alpha value is -0.250. The summed E-state index contributed by atoms with van der Waals surface area (Å²) < 4.78 is 0.838. The first-order chi connectivity index (χ1) is 8.06. The third-order valence-corrected chi connectivity index (χ3v) is 4.43. The second-order valence-electron chi connectivity index (χ2n) is 4.44. The molecule has 0 heterocycles. The molecule has 1 aliphatic carbocycles. The lowest BCUT2D eigenvalue weighted by Crippen LogP contribution is -2.31. The van der Waals surface area contributed by atoms with Gasteiger partial charge in [0.05, 0.1) is 10.6 Å². The van der Waals surface area contributed by atoms with Gasteiger partial charge in [-0.1, -0.05) is 27.5 Å². The van der Waals surface area contributed by atoms with E-state index >= 15 is 0 Å². The highest BCUT2D eigenvalue weighted by Crippen LogP contribution is 2.45. The van der Waals surface area contributed by atoms with Crippen LogP contribution < -0.4 is 5.32 Å². The van der Waals surface area contributed by atoms with Gasteiger partial charge >= 0.3 is 0 Å². The Morgan fingerprint density at radius 2 is 2.18 bits per heavy atom. The molecule has 17 heavy (non-hydrogen) atoms. The van der Waals surface area contributed by atoms with Gasteiger partial charge in [-0.15, -0.1) is 11.6 Å². The molecule has 1 aromatic rings. The topological polar surface area (TPSA) is 29.1 Å². The highest BCUT2D eigenvalue weighted by atomic mass is 79.9. The average molecular weight is 337 g/mol. The van der Waals surface area contributed by atoms with E-state index in [1.54, 1.807) is 18.2 Å². The van der Waals surface area contributed by atoms with Crippen molar-refractivity contribution in [1.82, 2.24) is 5.32 Å². The van der Waals surface area contributed by atoms with Gasteiger partial charge < -0.3 is 5.32 Å². The zero-order valence-electron chi connectivity index (χ0n) is 9.10. The van der Waals surface area contributed by atoms with E-state index in [9.17, 15) is 4.79 Å². The fourth-order valence-corrected chi connectivity index (χ4v) is 2.50. The van der Waals surface area contributed by atoms with Crippen molar-refractivity contribution in [2.45, 2.75) is 12.8 Å². The number of amides is 1. The van der Waals surface area contributed by atoms with Crippen LogP contribution in [0.2, 0.25) is 5.02 Å². The number of carbonyl (C=O) groups is 1. The van der Waals surface area contributed by atoms with Gasteiger partial charge in [-0.3, -0.25) is 4.79 Å². The second kappa shape index (κ2) is 5.17. The average Bonchev–Trinajstić information content (AvgIpc) is 3.10. The van der Waals surface area contributed by atoms with Crippen molar-refractivity contribution in [3.63, 3.8) is 0 Å². The van der Waals surface area contributed by atoms with Gasteiger partial charge in [0.15, 0.2) is 0 Å². The molecule has 92 valence electrons.